The van der Waals surface area contributed by atoms with Gasteiger partial charge in [-0.3, -0.25) is 9.59 Å². The van der Waals surface area contributed by atoms with E-state index in [9.17, 15) is 18.0 Å². The lowest BCUT2D eigenvalue weighted by molar-refractivity contribution is -0.134. The third-order valence-electron chi connectivity index (χ3n) is 6.32. The molecular weight excluding hydrogens is 460 g/mol. The first-order chi connectivity index (χ1) is 15.8. The van der Waals surface area contributed by atoms with Crippen LogP contribution in [0, 0.1) is 12.8 Å². The van der Waals surface area contributed by atoms with Crippen molar-refractivity contribution in [2.24, 2.45) is 5.92 Å². The quantitative estimate of drug-likeness (QED) is 0.643. The predicted molar refractivity (Wildman–Crippen MR) is 128 cm³/mol. The SMILES string of the molecule is Cc1csc(NC(=O)C2CCN(C(=O)CCc3ccc(S(=O)(=O)N4CCCC4)cc3)CC2)n1. The Bertz CT molecular complexity index is 1080. The molecule has 178 valence electrons. The van der Waals surface area contributed by atoms with Gasteiger partial charge >= 0.3 is 0 Å². The molecule has 2 aromatic rings. The number of hydrogen-bond donors (Lipinski definition) is 1. The Kier molecular flexibility index (Phi) is 7.45. The van der Waals surface area contributed by atoms with E-state index in [0.717, 1.165) is 24.1 Å². The molecule has 0 spiro atoms. The average Bonchev–Trinajstić information content (AvgIpc) is 3.50. The van der Waals surface area contributed by atoms with Crippen molar-refractivity contribution in [3.8, 4) is 0 Å². The van der Waals surface area contributed by atoms with Crippen LogP contribution in [0.1, 0.15) is 43.4 Å². The van der Waals surface area contributed by atoms with E-state index in [1.165, 1.54) is 15.6 Å². The van der Waals surface area contributed by atoms with Crippen LogP contribution in [0.5, 0.6) is 0 Å². The van der Waals surface area contributed by atoms with Gasteiger partial charge in [-0.05, 0) is 56.7 Å². The normalized spacial score (nSPS) is 17.9. The van der Waals surface area contributed by atoms with E-state index in [1.54, 1.807) is 24.3 Å². The molecule has 1 aromatic heterocycles. The minimum absolute atomic E-state index is 0.0274. The van der Waals surface area contributed by atoms with Crippen molar-refractivity contribution in [1.82, 2.24) is 14.2 Å². The summed E-state index contributed by atoms with van der Waals surface area (Å²) in [5.74, 6) is -0.0676. The Morgan fingerprint density at radius 3 is 2.36 bits per heavy atom. The minimum Gasteiger partial charge on any atom is -0.343 e. The molecule has 0 unspecified atom stereocenters. The second-order valence-electron chi connectivity index (χ2n) is 8.69. The van der Waals surface area contributed by atoms with Crippen LogP contribution in [0.15, 0.2) is 34.5 Å². The molecule has 1 N–H and O–H groups in total. The summed E-state index contributed by atoms with van der Waals surface area (Å²) in [5, 5.41) is 5.40. The second kappa shape index (κ2) is 10.3. The molecule has 2 fully saturated rings. The number of likely N-dealkylation sites (tertiary alicyclic amines) is 1. The standard InChI is InChI=1S/C23H30N4O4S2/c1-17-16-32-23(24-17)25-22(29)19-10-14-26(15-11-19)21(28)9-6-18-4-7-20(8-5-18)33(30,31)27-12-2-3-13-27/h4-5,7-8,16,19H,2-3,6,9-15H2,1H3,(H,24,25,29). The number of piperidine rings is 1. The summed E-state index contributed by atoms with van der Waals surface area (Å²) >= 11 is 1.42. The number of nitrogens with one attached hydrogen (secondary N) is 1. The first kappa shape index (κ1) is 23.8. The summed E-state index contributed by atoms with van der Waals surface area (Å²) in [4.78, 5) is 31.5. The van der Waals surface area contributed by atoms with Crippen LogP contribution in [0.25, 0.3) is 0 Å². The number of aromatic nitrogens is 1. The zero-order valence-corrected chi connectivity index (χ0v) is 20.5. The van der Waals surface area contributed by atoms with Gasteiger partial charge in [0.1, 0.15) is 0 Å². The first-order valence-electron chi connectivity index (χ1n) is 11.4. The molecule has 0 bridgehead atoms. The lowest BCUT2D eigenvalue weighted by Crippen LogP contribution is -2.41. The van der Waals surface area contributed by atoms with E-state index in [0.29, 0.717) is 61.9 Å². The first-order valence-corrected chi connectivity index (χ1v) is 13.7. The van der Waals surface area contributed by atoms with Crippen molar-refractivity contribution in [1.29, 1.82) is 0 Å². The summed E-state index contributed by atoms with van der Waals surface area (Å²) in [5.41, 5.74) is 1.83. The van der Waals surface area contributed by atoms with Crippen LogP contribution in [-0.2, 0) is 26.0 Å². The number of carbonyl (C=O) groups is 2. The van der Waals surface area contributed by atoms with Gasteiger partial charge < -0.3 is 10.2 Å². The van der Waals surface area contributed by atoms with Crippen molar-refractivity contribution < 1.29 is 18.0 Å². The summed E-state index contributed by atoms with van der Waals surface area (Å²) in [6.07, 6.45) is 4.04. The van der Waals surface area contributed by atoms with Crippen LogP contribution in [-0.4, -0.2) is 60.6 Å². The van der Waals surface area contributed by atoms with Gasteiger partial charge in [0.2, 0.25) is 21.8 Å². The fraction of sp³-hybridized carbons (Fsp3) is 0.522. The van der Waals surface area contributed by atoms with E-state index < -0.39 is 10.0 Å². The lowest BCUT2D eigenvalue weighted by atomic mass is 9.95. The smallest absolute Gasteiger partial charge is 0.243 e. The Balaban J connectivity index is 1.23. The molecule has 8 nitrogen and oxygen atoms in total. The topological polar surface area (TPSA) is 99.7 Å². The lowest BCUT2D eigenvalue weighted by Gasteiger charge is -2.31. The monoisotopic (exact) mass is 490 g/mol. The molecule has 0 aliphatic carbocycles. The van der Waals surface area contributed by atoms with Crippen molar-refractivity contribution >= 4 is 38.3 Å². The highest BCUT2D eigenvalue weighted by atomic mass is 32.2. The summed E-state index contributed by atoms with van der Waals surface area (Å²) in [7, 11) is -3.41. The Labute approximate surface area is 199 Å². The number of rotatable bonds is 7. The van der Waals surface area contributed by atoms with Crippen molar-refractivity contribution in [2.75, 3.05) is 31.5 Å². The molecule has 3 heterocycles. The maximum Gasteiger partial charge on any atom is 0.243 e. The van der Waals surface area contributed by atoms with Crippen LogP contribution < -0.4 is 5.32 Å². The number of aryl methyl sites for hydroxylation is 2. The third-order valence-corrected chi connectivity index (χ3v) is 9.11. The van der Waals surface area contributed by atoms with Gasteiger partial charge in [0.25, 0.3) is 0 Å². The van der Waals surface area contributed by atoms with E-state index in [2.05, 4.69) is 10.3 Å². The molecule has 0 saturated carbocycles. The Hall–Kier alpha value is -2.30. The molecule has 1 aromatic carbocycles. The third kappa shape index (κ3) is 5.80. The number of hydrogen-bond acceptors (Lipinski definition) is 6. The molecule has 4 rings (SSSR count). The van der Waals surface area contributed by atoms with Gasteiger partial charge in [-0.15, -0.1) is 11.3 Å². The fourth-order valence-corrected chi connectivity index (χ4v) is 6.53. The van der Waals surface area contributed by atoms with Gasteiger partial charge in [-0.2, -0.15) is 4.31 Å². The molecular formula is C23H30N4O4S2. The van der Waals surface area contributed by atoms with Gasteiger partial charge in [0, 0.05) is 43.9 Å². The molecule has 2 aliphatic heterocycles. The minimum atomic E-state index is -3.41. The Morgan fingerprint density at radius 1 is 1.09 bits per heavy atom. The predicted octanol–water partition coefficient (Wildman–Crippen LogP) is 3.05. The van der Waals surface area contributed by atoms with Gasteiger partial charge in [0.15, 0.2) is 5.13 Å². The molecule has 10 heteroatoms. The van der Waals surface area contributed by atoms with E-state index in [-0.39, 0.29) is 17.7 Å². The number of carbonyl (C=O) groups excluding carboxylic acids is 2. The fourth-order valence-electron chi connectivity index (χ4n) is 4.32. The van der Waals surface area contributed by atoms with Crippen LogP contribution in [0.4, 0.5) is 5.13 Å². The maximum atomic E-state index is 12.7. The largest absolute Gasteiger partial charge is 0.343 e. The summed E-state index contributed by atoms with van der Waals surface area (Å²) < 4.78 is 26.8. The molecule has 0 atom stereocenters. The van der Waals surface area contributed by atoms with Gasteiger partial charge in [-0.1, -0.05) is 12.1 Å². The summed E-state index contributed by atoms with van der Waals surface area (Å²) in [6, 6.07) is 6.88. The number of amides is 2. The van der Waals surface area contributed by atoms with E-state index in [1.807, 2.05) is 17.2 Å². The molecule has 0 radical (unpaired) electrons. The van der Waals surface area contributed by atoms with E-state index in [4.69, 9.17) is 0 Å². The molecule has 2 aliphatic rings. The van der Waals surface area contributed by atoms with Gasteiger partial charge in [-0.25, -0.2) is 13.4 Å². The highest BCUT2D eigenvalue weighted by Crippen LogP contribution is 2.23. The van der Waals surface area contributed by atoms with Crippen molar-refractivity contribution in [3.63, 3.8) is 0 Å². The highest BCUT2D eigenvalue weighted by Gasteiger charge is 2.28. The second-order valence-corrected chi connectivity index (χ2v) is 11.5. The van der Waals surface area contributed by atoms with Crippen LogP contribution in [0.3, 0.4) is 0 Å². The molecule has 33 heavy (non-hydrogen) atoms. The average molecular weight is 491 g/mol. The Morgan fingerprint density at radius 2 is 1.76 bits per heavy atom. The maximum absolute atomic E-state index is 12.7. The van der Waals surface area contributed by atoms with Crippen LogP contribution in [0.2, 0.25) is 0 Å². The summed E-state index contributed by atoms with van der Waals surface area (Å²) in [6.45, 7) is 4.20. The number of thiazole rings is 1. The number of benzene rings is 1. The number of sulfonamides is 1. The number of nitrogens with zero attached hydrogens (tertiary/aromatic N) is 3. The van der Waals surface area contributed by atoms with Crippen LogP contribution >= 0.6 is 11.3 Å². The number of anilines is 1. The molecule has 2 saturated heterocycles. The van der Waals surface area contributed by atoms with Crippen molar-refractivity contribution in [3.05, 3.63) is 40.9 Å². The zero-order valence-electron chi connectivity index (χ0n) is 18.8. The van der Waals surface area contributed by atoms with E-state index >= 15 is 0 Å². The highest BCUT2D eigenvalue weighted by molar-refractivity contribution is 7.89. The zero-order chi connectivity index (χ0) is 23.4. The van der Waals surface area contributed by atoms with Gasteiger partial charge in [0.05, 0.1) is 10.6 Å². The molecule has 2 amide bonds. The van der Waals surface area contributed by atoms with Crippen molar-refractivity contribution in [2.45, 2.75) is 50.3 Å².